The van der Waals surface area contributed by atoms with Crippen LogP contribution in [0.2, 0.25) is 5.02 Å². The number of benzene rings is 3. The highest BCUT2D eigenvalue weighted by atomic mass is 35.5. The summed E-state index contributed by atoms with van der Waals surface area (Å²) in [4.78, 5) is 24.2. The molecule has 3 aromatic carbocycles. The second kappa shape index (κ2) is 9.71. The Balaban J connectivity index is 1.57. The van der Waals surface area contributed by atoms with E-state index >= 15 is 0 Å². The van der Waals surface area contributed by atoms with Gasteiger partial charge in [0, 0.05) is 34.4 Å². The van der Waals surface area contributed by atoms with Crippen LogP contribution in [0.5, 0.6) is 11.5 Å². The van der Waals surface area contributed by atoms with Gasteiger partial charge in [-0.1, -0.05) is 59.8 Å². The molecule has 2 aliphatic heterocycles. The van der Waals surface area contributed by atoms with Crippen LogP contribution in [-0.2, 0) is 17.0 Å². The Bertz CT molecular complexity index is 1340. The van der Waals surface area contributed by atoms with E-state index < -0.39 is 6.04 Å². The summed E-state index contributed by atoms with van der Waals surface area (Å²) >= 11 is 7.56. The molecule has 2 aliphatic rings. The van der Waals surface area contributed by atoms with Crippen LogP contribution in [-0.4, -0.2) is 42.1 Å². The molecule has 0 spiro atoms. The number of carbonyl (C=O) groups is 1. The normalized spacial score (nSPS) is 16.4. The van der Waals surface area contributed by atoms with Gasteiger partial charge in [-0.3, -0.25) is 9.69 Å². The third kappa shape index (κ3) is 4.39. The standard InChI is InChI=1S/C26H21ClFN3O3S/c1-33-22-12-16-20(13-23(22)34-2)29-26(35-14-17-18(27)9-6-10-19(17)28)31-21(25(32)30-24(16)31)11-15-7-4-3-5-8-15/h3-10,12-13,21H,11,14H2,1-2H3/t21-/m0/s1. The Morgan fingerprint density at radius 3 is 2.49 bits per heavy atom. The molecule has 1 amide bonds. The van der Waals surface area contributed by atoms with Gasteiger partial charge in [0.1, 0.15) is 17.7 Å². The molecular weight excluding hydrogens is 489 g/mol. The molecule has 0 aliphatic carbocycles. The van der Waals surface area contributed by atoms with Crippen LogP contribution >= 0.6 is 23.4 Å². The van der Waals surface area contributed by atoms with Crippen LogP contribution in [0.1, 0.15) is 16.7 Å². The lowest BCUT2D eigenvalue weighted by Gasteiger charge is -2.31. The molecule has 35 heavy (non-hydrogen) atoms. The van der Waals surface area contributed by atoms with E-state index in [0.29, 0.717) is 50.8 Å². The average Bonchev–Trinajstić information content (AvgIpc) is 3.19. The minimum absolute atomic E-state index is 0.239. The summed E-state index contributed by atoms with van der Waals surface area (Å²) in [6.45, 7) is 0. The smallest absolute Gasteiger partial charge is 0.271 e. The lowest BCUT2D eigenvalue weighted by atomic mass is 10.0. The summed E-state index contributed by atoms with van der Waals surface area (Å²) in [5.41, 5.74) is 2.64. The van der Waals surface area contributed by atoms with Crippen LogP contribution in [0.4, 0.5) is 10.1 Å². The van der Waals surface area contributed by atoms with E-state index in [1.165, 1.54) is 17.8 Å². The van der Waals surface area contributed by atoms with Crippen molar-refractivity contribution in [2.45, 2.75) is 18.2 Å². The zero-order valence-electron chi connectivity index (χ0n) is 19.0. The van der Waals surface area contributed by atoms with Crippen molar-refractivity contribution in [3.63, 3.8) is 0 Å². The summed E-state index contributed by atoms with van der Waals surface area (Å²) in [6, 6.07) is 17.3. The molecule has 9 heteroatoms. The van der Waals surface area contributed by atoms with Crippen molar-refractivity contribution in [1.29, 1.82) is 0 Å². The van der Waals surface area contributed by atoms with E-state index in [9.17, 15) is 9.18 Å². The Hall–Kier alpha value is -3.36. The first-order valence-electron chi connectivity index (χ1n) is 10.9. The third-order valence-corrected chi connectivity index (χ3v) is 7.22. The first kappa shape index (κ1) is 23.4. The highest BCUT2D eigenvalue weighted by molar-refractivity contribution is 8.13. The summed E-state index contributed by atoms with van der Waals surface area (Å²) in [6.07, 6.45) is 0.454. The number of aliphatic imine (C=N–C) groups is 2. The minimum atomic E-state index is -0.573. The van der Waals surface area contributed by atoms with Gasteiger partial charge in [0.25, 0.3) is 5.91 Å². The van der Waals surface area contributed by atoms with Crippen molar-refractivity contribution in [3.05, 3.63) is 88.2 Å². The molecule has 0 fully saturated rings. The Morgan fingerprint density at radius 2 is 1.77 bits per heavy atom. The number of hydrogen-bond donors (Lipinski definition) is 0. The van der Waals surface area contributed by atoms with Gasteiger partial charge >= 0.3 is 0 Å². The number of carbonyl (C=O) groups excluding carboxylic acids is 1. The number of ether oxygens (including phenoxy) is 2. The maximum Gasteiger partial charge on any atom is 0.271 e. The van der Waals surface area contributed by atoms with Gasteiger partial charge in [-0.05, 0) is 23.8 Å². The maximum atomic E-state index is 14.5. The molecule has 0 aromatic heterocycles. The molecule has 3 aromatic rings. The van der Waals surface area contributed by atoms with Crippen molar-refractivity contribution in [1.82, 2.24) is 4.90 Å². The number of methoxy groups -OCH3 is 2. The number of amidine groups is 2. The number of hydrogen-bond acceptors (Lipinski definition) is 6. The van der Waals surface area contributed by atoms with Crippen LogP contribution in [0, 0.1) is 5.82 Å². The minimum Gasteiger partial charge on any atom is -0.493 e. The molecule has 0 unspecified atom stereocenters. The van der Waals surface area contributed by atoms with Crippen LogP contribution in [0.15, 0.2) is 70.6 Å². The number of thioether (sulfide) groups is 1. The second-order valence-corrected chi connectivity index (χ2v) is 9.31. The molecule has 1 atom stereocenters. The first-order valence-corrected chi connectivity index (χ1v) is 12.2. The van der Waals surface area contributed by atoms with Crippen LogP contribution in [0.3, 0.4) is 0 Å². The van der Waals surface area contributed by atoms with Gasteiger partial charge in [0.05, 0.1) is 19.9 Å². The number of nitrogens with zero attached hydrogens (tertiary/aromatic N) is 3. The van der Waals surface area contributed by atoms with Gasteiger partial charge in [-0.25, -0.2) is 9.38 Å². The van der Waals surface area contributed by atoms with Gasteiger partial charge in [0.2, 0.25) is 0 Å². The number of rotatable bonds is 6. The fraction of sp³-hybridized carbons (Fsp3) is 0.192. The molecule has 0 bridgehead atoms. The van der Waals surface area contributed by atoms with Gasteiger partial charge < -0.3 is 9.47 Å². The van der Waals surface area contributed by atoms with Crippen LogP contribution < -0.4 is 9.47 Å². The van der Waals surface area contributed by atoms with Crippen molar-refractivity contribution >= 4 is 46.0 Å². The number of fused-ring (bicyclic) bond motifs is 3. The topological polar surface area (TPSA) is 63.5 Å². The molecule has 0 radical (unpaired) electrons. The predicted octanol–water partition coefficient (Wildman–Crippen LogP) is 5.63. The molecule has 0 N–H and O–H groups in total. The molecule has 2 heterocycles. The quantitative estimate of drug-likeness (QED) is 0.431. The monoisotopic (exact) mass is 509 g/mol. The van der Waals surface area contributed by atoms with Crippen molar-refractivity contribution < 1.29 is 18.7 Å². The zero-order valence-corrected chi connectivity index (χ0v) is 20.6. The number of halogens is 2. The molecular formula is C26H21ClFN3O3S. The Labute approximate surface area is 211 Å². The van der Waals surface area contributed by atoms with Crippen LogP contribution in [0.25, 0.3) is 0 Å². The second-order valence-electron chi connectivity index (χ2n) is 7.96. The average molecular weight is 510 g/mol. The zero-order chi connectivity index (χ0) is 24.5. The first-order chi connectivity index (χ1) is 17.0. The van der Waals surface area contributed by atoms with E-state index in [2.05, 4.69) is 4.99 Å². The van der Waals surface area contributed by atoms with E-state index in [4.69, 9.17) is 26.1 Å². The molecule has 6 nitrogen and oxygen atoms in total. The Kier molecular flexibility index (Phi) is 6.49. The highest BCUT2D eigenvalue weighted by Crippen LogP contribution is 2.42. The fourth-order valence-electron chi connectivity index (χ4n) is 4.13. The van der Waals surface area contributed by atoms with Crippen molar-refractivity contribution in [3.8, 4) is 11.5 Å². The van der Waals surface area contributed by atoms with Crippen molar-refractivity contribution in [2.24, 2.45) is 9.98 Å². The molecule has 0 saturated heterocycles. The summed E-state index contributed by atoms with van der Waals surface area (Å²) in [7, 11) is 3.10. The lowest BCUT2D eigenvalue weighted by Crippen LogP contribution is -2.44. The predicted molar refractivity (Wildman–Crippen MR) is 137 cm³/mol. The van der Waals surface area contributed by atoms with Gasteiger partial charge in [-0.2, -0.15) is 4.99 Å². The van der Waals surface area contributed by atoms with Crippen molar-refractivity contribution in [2.75, 3.05) is 14.2 Å². The Morgan fingerprint density at radius 1 is 1.03 bits per heavy atom. The third-order valence-electron chi connectivity index (χ3n) is 5.89. The molecule has 0 saturated carbocycles. The SMILES string of the molecule is COc1cc2c(cc1OC)C1=NC(=O)[C@H](Cc3ccccc3)N1C(SCc1c(F)cccc1Cl)=N2. The van der Waals surface area contributed by atoms with E-state index in [-0.39, 0.29) is 17.5 Å². The molecule has 5 rings (SSSR count). The fourth-order valence-corrected chi connectivity index (χ4v) is 5.52. The summed E-state index contributed by atoms with van der Waals surface area (Å²) in [5, 5.41) is 0.877. The highest BCUT2D eigenvalue weighted by Gasteiger charge is 2.42. The number of amides is 1. The van der Waals surface area contributed by atoms with E-state index in [1.54, 1.807) is 38.5 Å². The maximum absolute atomic E-state index is 14.5. The lowest BCUT2D eigenvalue weighted by molar-refractivity contribution is -0.119. The summed E-state index contributed by atoms with van der Waals surface area (Å²) < 4.78 is 25.4. The van der Waals surface area contributed by atoms with E-state index in [1.807, 2.05) is 35.2 Å². The van der Waals surface area contributed by atoms with E-state index in [0.717, 1.165) is 5.56 Å². The largest absolute Gasteiger partial charge is 0.493 e. The molecule has 178 valence electrons. The van der Waals surface area contributed by atoms with Gasteiger partial charge in [0.15, 0.2) is 16.7 Å². The summed E-state index contributed by atoms with van der Waals surface area (Å²) in [5.74, 6) is 1.10. The van der Waals surface area contributed by atoms with Gasteiger partial charge in [-0.15, -0.1) is 0 Å².